The van der Waals surface area contributed by atoms with E-state index in [1.807, 2.05) is 6.92 Å². The molecule has 0 spiro atoms. The van der Waals surface area contributed by atoms with Crippen molar-refractivity contribution in [2.45, 2.75) is 26.0 Å². The van der Waals surface area contributed by atoms with Crippen LogP contribution in [-0.2, 0) is 10.0 Å². The van der Waals surface area contributed by atoms with E-state index in [4.69, 9.17) is 4.74 Å². The van der Waals surface area contributed by atoms with Crippen molar-refractivity contribution in [3.63, 3.8) is 0 Å². The minimum atomic E-state index is -3.45. The first-order chi connectivity index (χ1) is 16.0. The molecule has 3 atom stereocenters. The Morgan fingerprint density at radius 1 is 1.35 bits per heavy atom. The molecule has 8 nitrogen and oxygen atoms in total. The van der Waals surface area contributed by atoms with E-state index in [9.17, 15) is 22.7 Å². The first-order valence-electron chi connectivity index (χ1n) is 10.8. The molecule has 2 heterocycles. The fourth-order valence-corrected chi connectivity index (χ4v) is 3.90. The number of hydrogen-bond donors (Lipinski definition) is 1. The van der Waals surface area contributed by atoms with Crippen LogP contribution in [0.5, 0.6) is 5.88 Å². The molecule has 1 aliphatic heterocycles. The zero-order chi connectivity index (χ0) is 25.0. The summed E-state index contributed by atoms with van der Waals surface area (Å²) in [6.45, 7) is 3.63. The Bertz CT molecular complexity index is 1220. The Balaban J connectivity index is 2.03. The summed E-state index contributed by atoms with van der Waals surface area (Å²) >= 11 is 0. The molecule has 1 aliphatic rings. The van der Waals surface area contributed by atoms with Crippen LogP contribution in [0.2, 0.25) is 0 Å². The van der Waals surface area contributed by atoms with Gasteiger partial charge in [-0.15, -0.1) is 0 Å². The van der Waals surface area contributed by atoms with Crippen molar-refractivity contribution < 1.29 is 27.4 Å². The van der Waals surface area contributed by atoms with Crippen LogP contribution in [-0.4, -0.2) is 78.8 Å². The van der Waals surface area contributed by atoms with Crippen LogP contribution < -0.4 is 4.74 Å². The minimum Gasteiger partial charge on any atom is -0.472 e. The van der Waals surface area contributed by atoms with E-state index in [0.29, 0.717) is 5.56 Å². The van der Waals surface area contributed by atoms with Crippen LogP contribution in [0.4, 0.5) is 4.39 Å². The molecule has 0 unspecified atom stereocenters. The third kappa shape index (κ3) is 5.91. The smallest absolute Gasteiger partial charge is 0.259 e. The molecular weight excluding hydrogens is 461 g/mol. The highest BCUT2D eigenvalue weighted by Gasteiger charge is 2.35. The lowest BCUT2D eigenvalue weighted by Gasteiger charge is -2.37. The molecule has 0 aliphatic carbocycles. The van der Waals surface area contributed by atoms with Gasteiger partial charge in [0, 0.05) is 31.3 Å². The van der Waals surface area contributed by atoms with Gasteiger partial charge in [-0.25, -0.2) is 22.1 Å². The Labute approximate surface area is 199 Å². The fraction of sp³-hybridized carbons (Fsp3) is 0.417. The first-order valence-corrected chi connectivity index (χ1v) is 12.6. The maximum atomic E-state index is 13.9. The van der Waals surface area contributed by atoms with Crippen LogP contribution in [0, 0.1) is 23.6 Å². The Kier molecular flexibility index (Phi) is 7.92. The molecule has 0 saturated carbocycles. The number of benzene rings is 1. The fourth-order valence-electron chi connectivity index (χ4n) is 3.48. The number of nitrogens with zero attached hydrogens (tertiary/aromatic N) is 3. The minimum absolute atomic E-state index is 0.0510. The SMILES string of the molecule is C[C@H](CO)N1C[C@H](C)[C@@H](CN(C)S(C)(=O)=O)Oc2ncc(C#Cc3ccccc3F)cc2C1=O. The number of carbonyl (C=O) groups excluding carboxylic acids is 1. The quantitative estimate of drug-likeness (QED) is 0.643. The van der Waals surface area contributed by atoms with Gasteiger partial charge in [-0.05, 0) is 25.1 Å². The third-order valence-corrected chi connectivity index (χ3v) is 7.02. The Morgan fingerprint density at radius 2 is 2.06 bits per heavy atom. The highest BCUT2D eigenvalue weighted by atomic mass is 32.2. The van der Waals surface area contributed by atoms with Crippen molar-refractivity contribution in [2.75, 3.05) is 33.0 Å². The van der Waals surface area contributed by atoms with Gasteiger partial charge in [0.15, 0.2) is 0 Å². The van der Waals surface area contributed by atoms with Gasteiger partial charge in [0.05, 0.1) is 31.0 Å². The molecule has 3 rings (SSSR count). The summed E-state index contributed by atoms with van der Waals surface area (Å²) in [5.41, 5.74) is 0.735. The second-order valence-corrected chi connectivity index (χ2v) is 10.6. The predicted octanol–water partition coefficient (Wildman–Crippen LogP) is 1.73. The van der Waals surface area contributed by atoms with Crippen LogP contribution in [0.25, 0.3) is 0 Å². The predicted molar refractivity (Wildman–Crippen MR) is 125 cm³/mol. The van der Waals surface area contributed by atoms with Crippen molar-refractivity contribution in [1.29, 1.82) is 0 Å². The largest absolute Gasteiger partial charge is 0.472 e. The number of aliphatic hydroxyl groups excluding tert-OH is 1. The number of rotatable bonds is 5. The van der Waals surface area contributed by atoms with E-state index in [2.05, 4.69) is 16.8 Å². The van der Waals surface area contributed by atoms with Crippen LogP contribution >= 0.6 is 0 Å². The molecule has 0 fully saturated rings. The van der Waals surface area contributed by atoms with E-state index in [1.54, 1.807) is 25.1 Å². The maximum Gasteiger partial charge on any atom is 0.259 e. The Morgan fingerprint density at radius 3 is 2.71 bits per heavy atom. The number of fused-ring (bicyclic) bond motifs is 1. The van der Waals surface area contributed by atoms with E-state index >= 15 is 0 Å². The molecule has 1 amide bonds. The van der Waals surface area contributed by atoms with E-state index in [1.165, 1.54) is 34.6 Å². The topological polar surface area (TPSA) is 100 Å². The summed E-state index contributed by atoms with van der Waals surface area (Å²) < 4.78 is 45.0. The summed E-state index contributed by atoms with van der Waals surface area (Å²) in [4.78, 5) is 19.2. The lowest BCUT2D eigenvalue weighted by molar-refractivity contribution is 0.0373. The summed E-state index contributed by atoms with van der Waals surface area (Å²) in [6, 6.07) is 7.13. The molecule has 10 heteroatoms. The molecule has 0 bridgehead atoms. The molecule has 0 saturated heterocycles. The second kappa shape index (κ2) is 10.5. The zero-order valence-electron chi connectivity index (χ0n) is 19.5. The number of hydrogen-bond acceptors (Lipinski definition) is 6. The molecule has 0 radical (unpaired) electrons. The first kappa shape index (κ1) is 25.6. The number of sulfonamides is 1. The van der Waals surface area contributed by atoms with Crippen LogP contribution in [0.15, 0.2) is 36.5 Å². The van der Waals surface area contributed by atoms with Gasteiger partial charge in [0.1, 0.15) is 17.5 Å². The van der Waals surface area contributed by atoms with Gasteiger partial charge in [0.2, 0.25) is 15.9 Å². The highest BCUT2D eigenvalue weighted by molar-refractivity contribution is 7.88. The number of aliphatic hydroxyl groups is 1. The third-order valence-electron chi connectivity index (χ3n) is 5.74. The second-order valence-electron chi connectivity index (χ2n) is 8.47. The van der Waals surface area contributed by atoms with E-state index in [-0.39, 0.29) is 48.5 Å². The summed E-state index contributed by atoms with van der Waals surface area (Å²) in [5, 5.41) is 9.72. The standard InChI is InChI=1S/C24H28FN3O5S/c1-16-13-28(17(2)15-29)24(30)20-11-18(9-10-19-7-5-6-8-21(19)25)12-26-23(20)33-22(16)14-27(3)34(4,31)32/h5-8,11-12,16-17,22,29H,13-15H2,1-4H3/t16-,17+,22+/m0/s1. The molecule has 182 valence electrons. The molecule has 2 aromatic rings. The summed E-state index contributed by atoms with van der Waals surface area (Å²) in [6.07, 6.45) is 1.93. The number of aromatic nitrogens is 1. The summed E-state index contributed by atoms with van der Waals surface area (Å²) in [5.74, 6) is 4.52. The number of halogens is 1. The number of amides is 1. The number of ether oxygens (including phenoxy) is 1. The Hall–Kier alpha value is -3.00. The molecule has 1 aromatic carbocycles. The molecule has 1 aromatic heterocycles. The number of carbonyl (C=O) groups is 1. The lowest BCUT2D eigenvalue weighted by Crippen LogP contribution is -2.50. The molecule has 1 N–H and O–H groups in total. The highest BCUT2D eigenvalue weighted by Crippen LogP contribution is 2.27. The van der Waals surface area contributed by atoms with Gasteiger partial charge >= 0.3 is 0 Å². The van der Waals surface area contributed by atoms with Crippen LogP contribution in [0.1, 0.15) is 35.3 Å². The van der Waals surface area contributed by atoms with Crippen molar-refractivity contribution in [2.24, 2.45) is 5.92 Å². The van der Waals surface area contributed by atoms with Gasteiger partial charge in [-0.2, -0.15) is 0 Å². The normalized spacial score (nSPS) is 19.4. The number of likely N-dealkylation sites (N-methyl/N-ethyl adjacent to an activating group) is 1. The molecule has 34 heavy (non-hydrogen) atoms. The summed E-state index contributed by atoms with van der Waals surface area (Å²) in [7, 11) is -1.99. The zero-order valence-corrected chi connectivity index (χ0v) is 20.3. The number of pyridine rings is 1. The monoisotopic (exact) mass is 489 g/mol. The molecular formula is C24H28FN3O5S. The van der Waals surface area contributed by atoms with E-state index < -0.39 is 28.0 Å². The van der Waals surface area contributed by atoms with Crippen molar-refractivity contribution in [1.82, 2.24) is 14.2 Å². The van der Waals surface area contributed by atoms with Crippen molar-refractivity contribution in [3.05, 3.63) is 59.0 Å². The van der Waals surface area contributed by atoms with Crippen molar-refractivity contribution in [3.8, 4) is 17.7 Å². The maximum absolute atomic E-state index is 13.9. The average Bonchev–Trinajstić information content (AvgIpc) is 2.79. The van der Waals surface area contributed by atoms with Gasteiger partial charge < -0.3 is 14.7 Å². The van der Waals surface area contributed by atoms with Gasteiger partial charge in [-0.1, -0.05) is 30.9 Å². The van der Waals surface area contributed by atoms with Gasteiger partial charge in [0.25, 0.3) is 5.91 Å². The average molecular weight is 490 g/mol. The van der Waals surface area contributed by atoms with E-state index in [0.717, 1.165) is 6.26 Å². The van der Waals surface area contributed by atoms with Gasteiger partial charge in [-0.3, -0.25) is 4.79 Å². The van der Waals surface area contributed by atoms with Crippen molar-refractivity contribution >= 4 is 15.9 Å². The lowest BCUT2D eigenvalue weighted by atomic mass is 10.0. The van der Waals surface area contributed by atoms with Crippen LogP contribution in [0.3, 0.4) is 0 Å².